The second-order valence-corrected chi connectivity index (χ2v) is 10.1. The summed E-state index contributed by atoms with van der Waals surface area (Å²) in [6.45, 7) is 1.44. The highest BCUT2D eigenvalue weighted by molar-refractivity contribution is 9.10. The average molecular weight is 643 g/mol. The molecule has 0 spiro atoms. The third kappa shape index (κ3) is 7.06. The number of nitro benzene ring substituents is 2. The number of hydrogen-bond donors (Lipinski definition) is 1. The van der Waals surface area contributed by atoms with Crippen LogP contribution in [0, 0.1) is 20.2 Å². The molecule has 1 heterocycles. The van der Waals surface area contributed by atoms with E-state index >= 15 is 0 Å². The van der Waals surface area contributed by atoms with Gasteiger partial charge in [-0.2, -0.15) is 0 Å². The zero-order valence-electron chi connectivity index (χ0n) is 21.1. The molecule has 15 heteroatoms. The number of carbonyl (C=O) groups is 3. The van der Waals surface area contributed by atoms with Crippen LogP contribution in [0.5, 0.6) is 17.2 Å². The lowest BCUT2D eigenvalue weighted by atomic mass is 10.1. The summed E-state index contributed by atoms with van der Waals surface area (Å²) in [7, 11) is 0. The fourth-order valence-corrected chi connectivity index (χ4v) is 4.70. The minimum absolute atomic E-state index is 0.0774. The molecule has 0 atom stereocenters. The highest BCUT2D eigenvalue weighted by atomic mass is 79.9. The minimum Gasteiger partial charge on any atom is -0.490 e. The molecule has 3 aromatic carbocycles. The first-order chi connectivity index (χ1) is 19.5. The third-order valence-electron chi connectivity index (χ3n) is 5.44. The van der Waals surface area contributed by atoms with Gasteiger partial charge in [-0.25, -0.2) is 0 Å². The topological polar surface area (TPSA) is 171 Å². The number of carbonyl (C=O) groups excluding carboxylic acids is 3. The fraction of sp³-hybridized carbons (Fsp3) is 0.115. The zero-order chi connectivity index (χ0) is 29.7. The second kappa shape index (κ2) is 12.6. The number of nitro groups is 2. The van der Waals surface area contributed by atoms with Crippen molar-refractivity contribution in [1.82, 2.24) is 4.90 Å². The molecule has 1 aliphatic heterocycles. The van der Waals surface area contributed by atoms with Crippen LogP contribution in [0.3, 0.4) is 0 Å². The van der Waals surface area contributed by atoms with E-state index < -0.39 is 44.8 Å². The van der Waals surface area contributed by atoms with E-state index in [0.29, 0.717) is 23.0 Å². The number of imide groups is 1. The highest BCUT2D eigenvalue weighted by Gasteiger charge is 2.36. The van der Waals surface area contributed by atoms with Gasteiger partial charge in [-0.1, -0.05) is 22.0 Å². The van der Waals surface area contributed by atoms with Crippen LogP contribution in [-0.2, 0) is 9.59 Å². The number of amides is 3. The van der Waals surface area contributed by atoms with Crippen molar-refractivity contribution >= 4 is 67.9 Å². The molecule has 210 valence electrons. The summed E-state index contributed by atoms with van der Waals surface area (Å²) in [4.78, 5) is 59.7. The van der Waals surface area contributed by atoms with Crippen molar-refractivity contribution in [3.8, 4) is 17.2 Å². The van der Waals surface area contributed by atoms with E-state index in [4.69, 9.17) is 9.47 Å². The minimum atomic E-state index is -0.799. The Morgan fingerprint density at radius 1 is 1.00 bits per heavy atom. The van der Waals surface area contributed by atoms with Crippen LogP contribution in [0.2, 0.25) is 0 Å². The Labute approximate surface area is 244 Å². The fourth-order valence-electron chi connectivity index (χ4n) is 3.60. The number of ether oxygens (including phenoxy) is 2. The van der Waals surface area contributed by atoms with Crippen molar-refractivity contribution in [2.45, 2.75) is 6.92 Å². The van der Waals surface area contributed by atoms with Crippen LogP contribution < -0.4 is 14.8 Å². The van der Waals surface area contributed by atoms with Crippen LogP contribution >= 0.6 is 27.7 Å². The molecule has 0 aliphatic carbocycles. The molecule has 1 N–H and O–H groups in total. The van der Waals surface area contributed by atoms with E-state index in [1.165, 1.54) is 24.3 Å². The first kappa shape index (κ1) is 29.2. The van der Waals surface area contributed by atoms with E-state index in [-0.39, 0.29) is 28.8 Å². The Balaban J connectivity index is 1.53. The van der Waals surface area contributed by atoms with Gasteiger partial charge in [0.15, 0.2) is 11.5 Å². The first-order valence-electron chi connectivity index (χ1n) is 11.7. The van der Waals surface area contributed by atoms with Gasteiger partial charge in [0.1, 0.15) is 6.54 Å². The van der Waals surface area contributed by atoms with Crippen LogP contribution in [0.1, 0.15) is 12.5 Å². The molecule has 0 bridgehead atoms. The van der Waals surface area contributed by atoms with Crippen LogP contribution in [0.15, 0.2) is 70.0 Å². The van der Waals surface area contributed by atoms with E-state index in [2.05, 4.69) is 21.2 Å². The van der Waals surface area contributed by atoms with Gasteiger partial charge in [-0.3, -0.25) is 39.5 Å². The van der Waals surface area contributed by atoms with Crippen molar-refractivity contribution in [3.63, 3.8) is 0 Å². The van der Waals surface area contributed by atoms with Gasteiger partial charge in [0.25, 0.3) is 16.8 Å². The maximum absolute atomic E-state index is 12.9. The number of non-ortho nitro benzene ring substituents is 1. The second-order valence-electron chi connectivity index (χ2n) is 8.23. The summed E-state index contributed by atoms with van der Waals surface area (Å²) in [5, 5.41) is 24.5. The number of hydrogen-bond acceptors (Lipinski definition) is 10. The standard InChI is InChI=1S/C26H19BrN4O9S/c1-2-39-22-11-15(3-9-21(22)40-20-10-8-18(30(35)36)13-19(20)31(37)38)12-23-25(33)29(26(34)41-23)14-24(32)28-17-6-4-16(27)5-7-17/h3-13H,2,14H2,1H3,(H,28,32)/b23-12+. The van der Waals surface area contributed by atoms with Gasteiger partial charge in [0.2, 0.25) is 11.7 Å². The molecule has 0 saturated carbocycles. The van der Waals surface area contributed by atoms with Crippen LogP contribution in [-0.4, -0.2) is 45.0 Å². The normalized spacial score (nSPS) is 13.8. The number of nitrogens with zero attached hydrogens (tertiary/aromatic N) is 3. The summed E-state index contributed by atoms with van der Waals surface area (Å²) in [6, 6.07) is 14.3. The van der Waals surface area contributed by atoms with Crippen molar-refractivity contribution in [3.05, 3.63) is 95.8 Å². The lowest BCUT2D eigenvalue weighted by Gasteiger charge is -2.13. The molecule has 0 aromatic heterocycles. The molecular formula is C26H19BrN4O9S. The average Bonchev–Trinajstić information content (AvgIpc) is 3.18. The number of halogens is 1. The van der Waals surface area contributed by atoms with E-state index in [1.807, 2.05) is 0 Å². The lowest BCUT2D eigenvalue weighted by Crippen LogP contribution is -2.36. The summed E-state index contributed by atoms with van der Waals surface area (Å²) >= 11 is 3.97. The van der Waals surface area contributed by atoms with Crippen molar-refractivity contribution < 1.29 is 33.7 Å². The molecule has 1 saturated heterocycles. The predicted octanol–water partition coefficient (Wildman–Crippen LogP) is 6.13. The van der Waals surface area contributed by atoms with Gasteiger partial charge < -0.3 is 14.8 Å². The summed E-state index contributed by atoms with van der Waals surface area (Å²) in [5.74, 6) is -1.18. The first-order valence-corrected chi connectivity index (χ1v) is 13.3. The number of thioether (sulfide) groups is 1. The number of anilines is 1. The summed E-state index contributed by atoms with van der Waals surface area (Å²) in [6.07, 6.45) is 1.44. The molecule has 1 aliphatic rings. The van der Waals surface area contributed by atoms with Gasteiger partial charge in [-0.05, 0) is 72.8 Å². The van der Waals surface area contributed by atoms with Gasteiger partial charge in [0, 0.05) is 16.2 Å². The van der Waals surface area contributed by atoms with Gasteiger partial charge in [-0.15, -0.1) is 0 Å². The highest BCUT2D eigenvalue weighted by Crippen LogP contribution is 2.39. The molecule has 13 nitrogen and oxygen atoms in total. The maximum Gasteiger partial charge on any atom is 0.318 e. The molecular weight excluding hydrogens is 624 g/mol. The molecule has 0 radical (unpaired) electrons. The van der Waals surface area contributed by atoms with Crippen molar-refractivity contribution in [2.75, 3.05) is 18.5 Å². The maximum atomic E-state index is 12.9. The predicted molar refractivity (Wildman–Crippen MR) is 153 cm³/mol. The van der Waals surface area contributed by atoms with Gasteiger partial charge in [0.05, 0.1) is 27.4 Å². The van der Waals surface area contributed by atoms with E-state index in [0.717, 1.165) is 27.6 Å². The number of rotatable bonds is 10. The van der Waals surface area contributed by atoms with E-state index in [9.17, 15) is 34.6 Å². The molecule has 3 aromatic rings. The van der Waals surface area contributed by atoms with E-state index in [1.54, 1.807) is 31.2 Å². The Bertz CT molecular complexity index is 1590. The SMILES string of the molecule is CCOc1cc(/C=C2/SC(=O)N(CC(=O)Nc3ccc(Br)cc3)C2=O)ccc1Oc1ccc([N+](=O)[O-])cc1[N+](=O)[O-]. The third-order valence-corrected chi connectivity index (χ3v) is 6.87. The van der Waals surface area contributed by atoms with Crippen molar-refractivity contribution in [2.24, 2.45) is 0 Å². The molecule has 4 rings (SSSR count). The van der Waals surface area contributed by atoms with Crippen LogP contribution in [0.4, 0.5) is 21.9 Å². The quantitative estimate of drug-likeness (QED) is 0.154. The molecule has 41 heavy (non-hydrogen) atoms. The Hall–Kier alpha value is -4.76. The Morgan fingerprint density at radius 2 is 1.71 bits per heavy atom. The molecule has 3 amide bonds. The zero-order valence-corrected chi connectivity index (χ0v) is 23.5. The Morgan fingerprint density at radius 3 is 2.37 bits per heavy atom. The number of benzene rings is 3. The van der Waals surface area contributed by atoms with Gasteiger partial charge >= 0.3 is 5.69 Å². The van der Waals surface area contributed by atoms with Crippen molar-refractivity contribution in [1.29, 1.82) is 0 Å². The lowest BCUT2D eigenvalue weighted by molar-refractivity contribution is -0.394. The largest absolute Gasteiger partial charge is 0.490 e. The molecule has 0 unspecified atom stereocenters. The van der Waals surface area contributed by atoms with Crippen LogP contribution in [0.25, 0.3) is 6.08 Å². The molecule has 1 fully saturated rings. The summed E-state index contributed by atoms with van der Waals surface area (Å²) < 4.78 is 12.1. The summed E-state index contributed by atoms with van der Waals surface area (Å²) in [5.41, 5.74) is -0.123. The number of nitrogens with one attached hydrogen (secondary N) is 1. The monoisotopic (exact) mass is 642 g/mol. The Kier molecular flexibility index (Phi) is 8.99. The smallest absolute Gasteiger partial charge is 0.318 e.